The molecule has 3 aromatic rings. The fourth-order valence-electron chi connectivity index (χ4n) is 5.14. The summed E-state index contributed by atoms with van der Waals surface area (Å²) in [5.74, 6) is -2.39. The molecule has 0 radical (unpaired) electrons. The third-order valence-corrected chi connectivity index (χ3v) is 7.41. The lowest BCUT2D eigenvalue weighted by Crippen LogP contribution is -2.25. The first-order chi connectivity index (χ1) is 16.7. The Morgan fingerprint density at radius 2 is 1.77 bits per heavy atom. The largest absolute Gasteiger partial charge is 0.366 e. The highest BCUT2D eigenvalue weighted by atomic mass is 35.5. The van der Waals surface area contributed by atoms with Crippen LogP contribution < -0.4 is 5.73 Å². The van der Waals surface area contributed by atoms with Crippen LogP contribution in [0.15, 0.2) is 48.5 Å². The molecule has 2 N–H and O–H groups in total. The van der Waals surface area contributed by atoms with E-state index in [9.17, 15) is 9.18 Å². The first kappa shape index (κ1) is 26.8. The summed E-state index contributed by atoms with van der Waals surface area (Å²) >= 11 is 6.47. The Balaban J connectivity index is 0.00000167. The van der Waals surface area contributed by atoms with Crippen LogP contribution in [0, 0.1) is 11.6 Å². The predicted octanol–water partition coefficient (Wildman–Crippen LogP) is 7.93. The second-order valence-corrected chi connectivity index (χ2v) is 9.30. The number of amides is 1. The second kappa shape index (κ2) is 10.9. The molecule has 1 aliphatic rings. The van der Waals surface area contributed by atoms with E-state index in [-0.39, 0.29) is 51.5 Å². The number of hydrogen-bond donors (Lipinski definition) is 1. The minimum absolute atomic E-state index is 0.0771. The lowest BCUT2D eigenvalue weighted by atomic mass is 9.72. The maximum Gasteiger partial charge on any atom is 0.249 e. The van der Waals surface area contributed by atoms with Crippen LogP contribution in [-0.2, 0) is 18.3 Å². The van der Waals surface area contributed by atoms with Gasteiger partial charge in [-0.1, -0.05) is 75.7 Å². The van der Waals surface area contributed by atoms with Gasteiger partial charge in [-0.15, -0.1) is 0 Å². The first-order valence-electron chi connectivity index (χ1n) is 11.9. The number of aryl methyl sites for hydroxylation is 1. The highest BCUT2D eigenvalue weighted by Gasteiger charge is 2.44. The van der Waals surface area contributed by atoms with Crippen molar-refractivity contribution >= 4 is 17.5 Å². The normalized spacial score (nSPS) is 18.6. The first-order valence-corrected chi connectivity index (χ1v) is 12.3. The molecule has 3 aromatic carbocycles. The fourth-order valence-corrected chi connectivity index (χ4v) is 5.39. The van der Waals surface area contributed by atoms with E-state index in [4.69, 9.17) is 17.3 Å². The molecular weight excluding hydrogens is 471 g/mol. The van der Waals surface area contributed by atoms with Gasteiger partial charge in [-0.3, -0.25) is 9.18 Å². The summed E-state index contributed by atoms with van der Waals surface area (Å²) in [6, 6.07) is 14.1. The minimum atomic E-state index is -0.841. The summed E-state index contributed by atoms with van der Waals surface area (Å²) in [6.45, 7) is 7.49. The Morgan fingerprint density at radius 3 is 2.37 bits per heavy atom. The van der Waals surface area contributed by atoms with Crippen molar-refractivity contribution in [1.82, 2.24) is 0 Å². The van der Waals surface area contributed by atoms with Gasteiger partial charge in [-0.05, 0) is 59.6 Å². The van der Waals surface area contributed by atoms with Gasteiger partial charge >= 0.3 is 0 Å². The topological polar surface area (TPSA) is 43.1 Å². The summed E-state index contributed by atoms with van der Waals surface area (Å²) < 4.78 is 43.6. The van der Waals surface area contributed by atoms with Crippen molar-refractivity contribution in [3.63, 3.8) is 0 Å². The zero-order chi connectivity index (χ0) is 25.9. The molecule has 2 unspecified atom stereocenters. The highest BCUT2D eigenvalue weighted by Crippen LogP contribution is 2.54. The molecule has 35 heavy (non-hydrogen) atoms. The molecule has 0 saturated carbocycles. The Bertz CT molecular complexity index is 1230. The van der Waals surface area contributed by atoms with Crippen LogP contribution in [0.2, 0.25) is 5.02 Å². The molecule has 0 heterocycles. The van der Waals surface area contributed by atoms with Crippen molar-refractivity contribution in [2.24, 2.45) is 5.73 Å². The second-order valence-electron chi connectivity index (χ2n) is 8.92. The number of fused-ring (bicyclic) bond motifs is 1. The van der Waals surface area contributed by atoms with Gasteiger partial charge in [0.05, 0.1) is 11.7 Å². The van der Waals surface area contributed by atoms with E-state index in [0.29, 0.717) is 12.0 Å². The smallest absolute Gasteiger partial charge is 0.249 e. The third kappa shape index (κ3) is 4.71. The molecule has 2 atom stereocenters. The van der Waals surface area contributed by atoms with E-state index in [1.165, 1.54) is 18.2 Å². The molecule has 0 spiro atoms. The van der Waals surface area contributed by atoms with E-state index >= 15 is 8.78 Å². The lowest BCUT2D eigenvalue weighted by molar-refractivity contribution is 0.100. The van der Waals surface area contributed by atoms with E-state index in [0.717, 1.165) is 11.1 Å². The molecule has 186 valence electrons. The van der Waals surface area contributed by atoms with Crippen LogP contribution >= 0.6 is 11.6 Å². The van der Waals surface area contributed by atoms with Crippen molar-refractivity contribution < 1.29 is 18.0 Å². The highest BCUT2D eigenvalue weighted by molar-refractivity contribution is 6.34. The van der Waals surface area contributed by atoms with Crippen LogP contribution in [0.1, 0.15) is 72.6 Å². The summed E-state index contributed by atoms with van der Waals surface area (Å²) in [4.78, 5) is 12.3. The standard InChI is InChI=1S/C27H25ClF3NO.C2H6/c1-15-21-17(14-27(15,2)18-8-4-3-5-9-18)13-20(30)24(28)23(21)22-19(26(32)33)11-10-16(25(22)31)7-6-12-29;1-2/h3-5,8-11,13,15H,6-7,12,14H2,1-2H3,(H2,32,33);1-2H3. The summed E-state index contributed by atoms with van der Waals surface area (Å²) in [5.41, 5.74) is 7.90. The van der Waals surface area contributed by atoms with Crippen LogP contribution in [0.3, 0.4) is 0 Å². The number of halogens is 4. The molecule has 0 aromatic heterocycles. The minimum Gasteiger partial charge on any atom is -0.366 e. The van der Waals surface area contributed by atoms with Gasteiger partial charge in [0, 0.05) is 22.1 Å². The van der Waals surface area contributed by atoms with Crippen LogP contribution in [-0.4, -0.2) is 12.6 Å². The molecule has 0 aliphatic heterocycles. The van der Waals surface area contributed by atoms with Crippen molar-refractivity contribution in [2.75, 3.05) is 6.67 Å². The maximum atomic E-state index is 15.8. The molecular formula is C29H31ClF3NO. The molecule has 6 heteroatoms. The van der Waals surface area contributed by atoms with Gasteiger partial charge in [-0.2, -0.15) is 0 Å². The number of benzene rings is 3. The molecule has 2 nitrogen and oxygen atoms in total. The van der Waals surface area contributed by atoms with Gasteiger partial charge < -0.3 is 5.73 Å². The van der Waals surface area contributed by atoms with Crippen LogP contribution in [0.25, 0.3) is 11.1 Å². The van der Waals surface area contributed by atoms with Crippen LogP contribution in [0.5, 0.6) is 0 Å². The Hall–Kier alpha value is -2.79. The van der Waals surface area contributed by atoms with Gasteiger partial charge in [0.2, 0.25) is 5.91 Å². The lowest BCUT2D eigenvalue weighted by Gasteiger charge is -2.31. The molecule has 0 fully saturated rings. The number of primary amides is 1. The molecule has 0 saturated heterocycles. The Kier molecular flexibility index (Phi) is 8.32. The molecule has 1 amide bonds. The SMILES string of the molecule is CC.CC1c2c(cc(F)c(Cl)c2-c2c(C(N)=O)ccc(CCCF)c2F)CC1(C)c1ccccc1. The Morgan fingerprint density at radius 1 is 1.11 bits per heavy atom. The van der Waals surface area contributed by atoms with Crippen molar-refractivity contribution in [3.05, 3.63) is 93.0 Å². The zero-order valence-corrected chi connectivity index (χ0v) is 21.3. The average molecular weight is 502 g/mol. The number of rotatable bonds is 6. The zero-order valence-electron chi connectivity index (χ0n) is 20.5. The average Bonchev–Trinajstić information content (AvgIpc) is 3.11. The van der Waals surface area contributed by atoms with Gasteiger partial charge in [0.25, 0.3) is 0 Å². The number of alkyl halides is 1. The van der Waals surface area contributed by atoms with Crippen LogP contribution in [0.4, 0.5) is 13.2 Å². The predicted molar refractivity (Wildman–Crippen MR) is 137 cm³/mol. The summed E-state index contributed by atoms with van der Waals surface area (Å²) in [7, 11) is 0. The fraction of sp³-hybridized carbons (Fsp3) is 0.345. The Labute approximate surface area is 210 Å². The van der Waals surface area contributed by atoms with Gasteiger partial charge in [-0.25, -0.2) is 8.78 Å². The van der Waals surface area contributed by atoms with Crippen molar-refractivity contribution in [2.45, 2.75) is 58.3 Å². The monoisotopic (exact) mass is 501 g/mol. The summed E-state index contributed by atoms with van der Waals surface area (Å²) in [6.07, 6.45) is 0.800. The number of carbonyl (C=O) groups is 1. The van der Waals surface area contributed by atoms with Crippen molar-refractivity contribution in [1.29, 1.82) is 0 Å². The third-order valence-electron chi connectivity index (χ3n) is 7.04. The maximum absolute atomic E-state index is 15.8. The quantitative estimate of drug-likeness (QED) is 0.366. The molecule has 0 bridgehead atoms. The van der Waals surface area contributed by atoms with Gasteiger partial charge in [0.15, 0.2) is 0 Å². The van der Waals surface area contributed by atoms with Gasteiger partial charge in [0.1, 0.15) is 11.6 Å². The van der Waals surface area contributed by atoms with Crippen molar-refractivity contribution in [3.8, 4) is 11.1 Å². The molecule has 4 rings (SSSR count). The van der Waals surface area contributed by atoms with E-state index in [2.05, 4.69) is 6.92 Å². The van der Waals surface area contributed by atoms with E-state index in [1.807, 2.05) is 51.1 Å². The number of hydrogen-bond acceptors (Lipinski definition) is 1. The number of carbonyl (C=O) groups excluding carboxylic acids is 1. The molecule has 1 aliphatic carbocycles. The van der Waals surface area contributed by atoms with E-state index < -0.39 is 24.2 Å². The number of nitrogens with two attached hydrogens (primary N) is 1. The summed E-state index contributed by atoms with van der Waals surface area (Å²) in [5, 5.41) is -0.248. The van der Waals surface area contributed by atoms with E-state index in [1.54, 1.807) is 0 Å².